The Labute approximate surface area is 151 Å². The van der Waals surface area contributed by atoms with E-state index < -0.39 is 0 Å². The normalized spacial score (nSPS) is 10.2. The summed E-state index contributed by atoms with van der Waals surface area (Å²) in [4.78, 5) is 20.9. The number of ether oxygens (including phenoxy) is 2. The van der Waals surface area contributed by atoms with Gasteiger partial charge in [0.2, 0.25) is 0 Å². The number of carbonyl (C=O) groups excluding carboxylic acids is 1. The van der Waals surface area contributed by atoms with Crippen molar-refractivity contribution in [3.8, 4) is 22.8 Å². The molecule has 1 amide bonds. The van der Waals surface area contributed by atoms with Crippen LogP contribution in [0.15, 0.2) is 61.1 Å². The number of methoxy groups -OCH3 is 2. The summed E-state index contributed by atoms with van der Waals surface area (Å²) in [5.74, 6) is 0.924. The second-order valence-corrected chi connectivity index (χ2v) is 5.58. The molecule has 0 radical (unpaired) electrons. The molecule has 0 aliphatic rings. The van der Waals surface area contributed by atoms with Crippen LogP contribution < -0.4 is 14.8 Å². The fourth-order valence-electron chi connectivity index (χ4n) is 2.44. The zero-order valence-corrected chi connectivity index (χ0v) is 14.6. The molecule has 6 nitrogen and oxygen atoms in total. The second-order valence-electron chi connectivity index (χ2n) is 5.58. The summed E-state index contributed by atoms with van der Waals surface area (Å²) in [6.45, 7) is 0.374. The molecule has 0 aliphatic carbocycles. The highest BCUT2D eigenvalue weighted by Gasteiger charge is 2.10. The summed E-state index contributed by atoms with van der Waals surface area (Å²) < 4.78 is 10.4. The van der Waals surface area contributed by atoms with Crippen LogP contribution in [-0.4, -0.2) is 30.1 Å². The van der Waals surface area contributed by atoms with E-state index in [9.17, 15) is 4.79 Å². The van der Waals surface area contributed by atoms with E-state index in [1.807, 2.05) is 24.3 Å². The predicted octanol–water partition coefficient (Wildman–Crippen LogP) is 3.09. The molecule has 3 rings (SSSR count). The highest BCUT2D eigenvalue weighted by molar-refractivity contribution is 5.95. The van der Waals surface area contributed by atoms with Gasteiger partial charge in [-0.2, -0.15) is 0 Å². The lowest BCUT2D eigenvalue weighted by molar-refractivity contribution is 0.0950. The van der Waals surface area contributed by atoms with E-state index in [1.165, 1.54) is 0 Å². The van der Waals surface area contributed by atoms with Crippen molar-refractivity contribution < 1.29 is 14.3 Å². The van der Waals surface area contributed by atoms with Gasteiger partial charge < -0.3 is 14.8 Å². The average molecular weight is 349 g/mol. The molecule has 132 valence electrons. The maximum absolute atomic E-state index is 12.4. The molecule has 0 aliphatic heterocycles. The third-order valence-corrected chi connectivity index (χ3v) is 3.85. The van der Waals surface area contributed by atoms with Crippen molar-refractivity contribution in [3.05, 3.63) is 72.2 Å². The van der Waals surface area contributed by atoms with E-state index in [4.69, 9.17) is 9.47 Å². The number of nitrogens with one attached hydrogen (secondary N) is 1. The van der Waals surface area contributed by atoms with Crippen LogP contribution in [0.3, 0.4) is 0 Å². The van der Waals surface area contributed by atoms with Gasteiger partial charge in [-0.05, 0) is 35.9 Å². The molecule has 1 N–H and O–H groups in total. The summed E-state index contributed by atoms with van der Waals surface area (Å²) in [5, 5.41) is 2.87. The summed E-state index contributed by atoms with van der Waals surface area (Å²) in [5.41, 5.74) is 3.17. The number of amides is 1. The average Bonchev–Trinajstić information content (AvgIpc) is 2.72. The van der Waals surface area contributed by atoms with Gasteiger partial charge in [0.15, 0.2) is 0 Å². The van der Waals surface area contributed by atoms with Gasteiger partial charge in [0.25, 0.3) is 5.91 Å². The van der Waals surface area contributed by atoms with Crippen LogP contribution in [0.5, 0.6) is 11.5 Å². The van der Waals surface area contributed by atoms with E-state index in [0.29, 0.717) is 23.6 Å². The maximum Gasteiger partial charge on any atom is 0.251 e. The summed E-state index contributed by atoms with van der Waals surface area (Å²) in [7, 11) is 3.10. The van der Waals surface area contributed by atoms with Crippen molar-refractivity contribution in [1.29, 1.82) is 0 Å². The fraction of sp³-hybridized carbons (Fsp3) is 0.150. The van der Waals surface area contributed by atoms with Crippen LogP contribution in [0.25, 0.3) is 11.3 Å². The van der Waals surface area contributed by atoms with E-state index in [1.54, 1.807) is 51.0 Å². The van der Waals surface area contributed by atoms with Crippen molar-refractivity contribution in [2.45, 2.75) is 6.54 Å². The monoisotopic (exact) mass is 349 g/mol. The van der Waals surface area contributed by atoms with Crippen molar-refractivity contribution in [2.24, 2.45) is 0 Å². The number of rotatable bonds is 6. The molecule has 0 bridgehead atoms. The van der Waals surface area contributed by atoms with Crippen LogP contribution >= 0.6 is 0 Å². The smallest absolute Gasteiger partial charge is 0.251 e. The standard InChI is InChI=1S/C20H19N3O3/c1-25-17-8-16(9-18(10-17)26-2)20(24)23-12-14-5-6-19(22-11-14)15-4-3-7-21-13-15/h3-11,13H,12H2,1-2H3,(H,23,24). The Morgan fingerprint density at radius 2 is 1.81 bits per heavy atom. The first-order chi connectivity index (χ1) is 12.7. The predicted molar refractivity (Wildman–Crippen MR) is 98.2 cm³/mol. The van der Waals surface area contributed by atoms with Gasteiger partial charge >= 0.3 is 0 Å². The fourth-order valence-corrected chi connectivity index (χ4v) is 2.44. The highest BCUT2D eigenvalue weighted by atomic mass is 16.5. The Balaban J connectivity index is 1.66. The first-order valence-corrected chi connectivity index (χ1v) is 8.06. The quantitative estimate of drug-likeness (QED) is 0.740. The number of hydrogen-bond acceptors (Lipinski definition) is 5. The van der Waals surface area contributed by atoms with Gasteiger partial charge in [-0.15, -0.1) is 0 Å². The molecule has 0 fully saturated rings. The molecule has 1 aromatic carbocycles. The summed E-state index contributed by atoms with van der Waals surface area (Å²) in [6, 6.07) is 12.7. The topological polar surface area (TPSA) is 73.3 Å². The molecule has 0 spiro atoms. The van der Waals surface area contributed by atoms with Crippen molar-refractivity contribution in [1.82, 2.24) is 15.3 Å². The Kier molecular flexibility index (Phi) is 5.43. The lowest BCUT2D eigenvalue weighted by Crippen LogP contribution is -2.22. The number of nitrogens with zero attached hydrogens (tertiary/aromatic N) is 2. The van der Waals surface area contributed by atoms with Crippen LogP contribution in [0.1, 0.15) is 15.9 Å². The Hall–Kier alpha value is -3.41. The zero-order valence-electron chi connectivity index (χ0n) is 14.6. The van der Waals surface area contributed by atoms with Gasteiger partial charge in [0.1, 0.15) is 11.5 Å². The Morgan fingerprint density at radius 1 is 1.04 bits per heavy atom. The van der Waals surface area contributed by atoms with Gasteiger partial charge in [-0.3, -0.25) is 14.8 Å². The van der Waals surface area contributed by atoms with Crippen molar-refractivity contribution in [2.75, 3.05) is 14.2 Å². The minimum absolute atomic E-state index is 0.210. The number of benzene rings is 1. The van der Waals surface area contributed by atoms with Crippen LogP contribution in [-0.2, 0) is 6.54 Å². The molecular weight excluding hydrogens is 330 g/mol. The van der Waals surface area contributed by atoms with E-state index in [0.717, 1.165) is 16.8 Å². The molecule has 0 saturated heterocycles. The molecular formula is C20H19N3O3. The Morgan fingerprint density at radius 3 is 2.38 bits per heavy atom. The minimum atomic E-state index is -0.210. The highest BCUT2D eigenvalue weighted by Crippen LogP contribution is 2.22. The van der Waals surface area contributed by atoms with Crippen LogP contribution in [0.4, 0.5) is 0 Å². The van der Waals surface area contributed by atoms with E-state index in [-0.39, 0.29) is 5.91 Å². The SMILES string of the molecule is COc1cc(OC)cc(C(=O)NCc2ccc(-c3cccnc3)nc2)c1. The number of hydrogen-bond donors (Lipinski definition) is 1. The van der Waals surface area contributed by atoms with Crippen molar-refractivity contribution >= 4 is 5.91 Å². The summed E-state index contributed by atoms with van der Waals surface area (Å²) >= 11 is 0. The lowest BCUT2D eigenvalue weighted by atomic mass is 10.1. The Bertz CT molecular complexity index is 858. The molecule has 26 heavy (non-hydrogen) atoms. The molecule has 2 aromatic heterocycles. The minimum Gasteiger partial charge on any atom is -0.497 e. The van der Waals surface area contributed by atoms with Crippen molar-refractivity contribution in [3.63, 3.8) is 0 Å². The molecule has 0 atom stereocenters. The molecule has 6 heteroatoms. The van der Waals surface area contributed by atoms with E-state index >= 15 is 0 Å². The second kappa shape index (κ2) is 8.11. The number of pyridine rings is 2. The first-order valence-electron chi connectivity index (χ1n) is 8.06. The van der Waals surface area contributed by atoms with Crippen LogP contribution in [0, 0.1) is 0 Å². The molecule has 2 heterocycles. The zero-order chi connectivity index (χ0) is 18.4. The summed E-state index contributed by atoms with van der Waals surface area (Å²) in [6.07, 6.45) is 5.23. The van der Waals surface area contributed by atoms with Crippen LogP contribution in [0.2, 0.25) is 0 Å². The van der Waals surface area contributed by atoms with Gasteiger partial charge in [0, 0.05) is 42.3 Å². The first kappa shape index (κ1) is 17.4. The van der Waals surface area contributed by atoms with Gasteiger partial charge in [0.05, 0.1) is 19.9 Å². The van der Waals surface area contributed by atoms with Gasteiger partial charge in [-0.1, -0.05) is 6.07 Å². The number of aromatic nitrogens is 2. The number of carbonyl (C=O) groups is 1. The largest absolute Gasteiger partial charge is 0.497 e. The molecule has 0 saturated carbocycles. The van der Waals surface area contributed by atoms with Gasteiger partial charge in [-0.25, -0.2) is 0 Å². The maximum atomic E-state index is 12.4. The van der Waals surface area contributed by atoms with E-state index in [2.05, 4.69) is 15.3 Å². The molecule has 0 unspecified atom stereocenters. The third-order valence-electron chi connectivity index (χ3n) is 3.85. The molecule has 3 aromatic rings. The third kappa shape index (κ3) is 4.16. The lowest BCUT2D eigenvalue weighted by Gasteiger charge is -2.09.